The smallest absolute Gasteiger partial charge is 0.260 e. The van der Waals surface area contributed by atoms with Crippen molar-refractivity contribution >= 4 is 5.69 Å². The Kier molecular flexibility index (Phi) is 2.95. The highest BCUT2D eigenvalue weighted by Gasteiger charge is 2.14. The minimum absolute atomic E-state index is 0.407. The first kappa shape index (κ1) is 12.3. The van der Waals surface area contributed by atoms with Gasteiger partial charge in [-0.25, -0.2) is 0 Å². The summed E-state index contributed by atoms with van der Waals surface area (Å²) in [4.78, 5) is 8.61. The molecule has 100 valence electrons. The molecular weight excluding hydrogens is 252 g/mol. The third-order valence-corrected chi connectivity index (χ3v) is 3.01. The standard InChI is InChI=1S/C15H14N4O/c1-9-3-4-12(16)11(7-9)15-18-14(19-20-15)13-8-10(2)5-6-17-13/h3-8H,16H2,1-2H3. The molecule has 20 heavy (non-hydrogen) atoms. The Bertz CT molecular complexity index is 764. The van der Waals surface area contributed by atoms with Crippen LogP contribution in [0.1, 0.15) is 11.1 Å². The van der Waals surface area contributed by atoms with Crippen molar-refractivity contribution in [1.29, 1.82) is 0 Å². The molecular formula is C15H14N4O. The SMILES string of the molecule is Cc1ccnc(-c2noc(-c3cc(C)ccc3N)n2)c1. The summed E-state index contributed by atoms with van der Waals surface area (Å²) in [5.74, 6) is 0.870. The van der Waals surface area contributed by atoms with Crippen LogP contribution >= 0.6 is 0 Å². The van der Waals surface area contributed by atoms with E-state index in [9.17, 15) is 0 Å². The van der Waals surface area contributed by atoms with E-state index < -0.39 is 0 Å². The molecule has 0 aliphatic carbocycles. The first-order valence-corrected chi connectivity index (χ1v) is 6.27. The van der Waals surface area contributed by atoms with Gasteiger partial charge in [-0.05, 0) is 43.7 Å². The number of aryl methyl sites for hydroxylation is 2. The van der Waals surface area contributed by atoms with E-state index in [0.29, 0.717) is 23.1 Å². The van der Waals surface area contributed by atoms with Gasteiger partial charge in [0.25, 0.3) is 5.89 Å². The molecule has 0 fully saturated rings. The fourth-order valence-electron chi connectivity index (χ4n) is 1.95. The Morgan fingerprint density at radius 1 is 1.05 bits per heavy atom. The predicted octanol–water partition coefficient (Wildman–Crippen LogP) is 3.00. The van der Waals surface area contributed by atoms with Gasteiger partial charge in [0.15, 0.2) is 0 Å². The van der Waals surface area contributed by atoms with Gasteiger partial charge in [0.2, 0.25) is 5.82 Å². The lowest BCUT2D eigenvalue weighted by Gasteiger charge is -2.01. The van der Waals surface area contributed by atoms with Gasteiger partial charge in [0.1, 0.15) is 5.69 Å². The molecule has 2 N–H and O–H groups in total. The Morgan fingerprint density at radius 3 is 2.65 bits per heavy atom. The van der Waals surface area contributed by atoms with Crippen molar-refractivity contribution in [3.05, 3.63) is 47.7 Å². The van der Waals surface area contributed by atoms with Crippen molar-refractivity contribution in [2.24, 2.45) is 0 Å². The van der Waals surface area contributed by atoms with E-state index in [0.717, 1.165) is 16.7 Å². The van der Waals surface area contributed by atoms with E-state index in [1.54, 1.807) is 6.20 Å². The number of nitrogen functional groups attached to an aromatic ring is 1. The van der Waals surface area contributed by atoms with E-state index >= 15 is 0 Å². The van der Waals surface area contributed by atoms with Crippen molar-refractivity contribution in [1.82, 2.24) is 15.1 Å². The Hall–Kier alpha value is -2.69. The molecule has 0 radical (unpaired) electrons. The minimum atomic E-state index is 0.407. The highest BCUT2D eigenvalue weighted by atomic mass is 16.5. The zero-order valence-corrected chi connectivity index (χ0v) is 11.3. The molecule has 2 aromatic heterocycles. The summed E-state index contributed by atoms with van der Waals surface area (Å²) >= 11 is 0. The molecule has 0 unspecified atom stereocenters. The second kappa shape index (κ2) is 4.77. The average molecular weight is 266 g/mol. The molecule has 5 nitrogen and oxygen atoms in total. The number of aromatic nitrogens is 3. The highest BCUT2D eigenvalue weighted by Crippen LogP contribution is 2.27. The van der Waals surface area contributed by atoms with Gasteiger partial charge in [0, 0.05) is 11.9 Å². The summed E-state index contributed by atoms with van der Waals surface area (Å²) in [7, 11) is 0. The third kappa shape index (κ3) is 2.25. The first-order valence-electron chi connectivity index (χ1n) is 6.27. The minimum Gasteiger partial charge on any atom is -0.398 e. The molecule has 3 rings (SSSR count). The molecule has 0 bridgehead atoms. The van der Waals surface area contributed by atoms with Gasteiger partial charge >= 0.3 is 0 Å². The molecule has 0 saturated heterocycles. The number of nitrogens with two attached hydrogens (primary N) is 1. The van der Waals surface area contributed by atoms with E-state index in [4.69, 9.17) is 10.3 Å². The van der Waals surface area contributed by atoms with Gasteiger partial charge in [-0.2, -0.15) is 4.98 Å². The molecule has 0 amide bonds. The van der Waals surface area contributed by atoms with Crippen LogP contribution in [-0.2, 0) is 0 Å². The summed E-state index contributed by atoms with van der Waals surface area (Å²) in [6.07, 6.45) is 1.72. The molecule has 0 aliphatic rings. The van der Waals surface area contributed by atoms with Crippen molar-refractivity contribution in [3.63, 3.8) is 0 Å². The molecule has 0 aliphatic heterocycles. The average Bonchev–Trinajstić information content (AvgIpc) is 2.91. The van der Waals surface area contributed by atoms with Crippen LogP contribution in [-0.4, -0.2) is 15.1 Å². The zero-order valence-electron chi connectivity index (χ0n) is 11.3. The Labute approximate surface area is 116 Å². The van der Waals surface area contributed by atoms with Gasteiger partial charge < -0.3 is 10.3 Å². The van der Waals surface area contributed by atoms with E-state index in [-0.39, 0.29) is 0 Å². The summed E-state index contributed by atoms with van der Waals surface area (Å²) in [5, 5.41) is 3.97. The van der Waals surface area contributed by atoms with Crippen LogP contribution in [0.25, 0.3) is 23.0 Å². The molecule has 2 heterocycles. The van der Waals surface area contributed by atoms with Gasteiger partial charge in [-0.15, -0.1) is 0 Å². The van der Waals surface area contributed by atoms with Crippen LogP contribution in [0.3, 0.4) is 0 Å². The summed E-state index contributed by atoms with van der Waals surface area (Å²) in [5.41, 5.74) is 10.2. The Morgan fingerprint density at radius 2 is 1.85 bits per heavy atom. The lowest BCUT2D eigenvalue weighted by Crippen LogP contribution is -1.91. The van der Waals surface area contributed by atoms with Gasteiger partial charge in [-0.1, -0.05) is 16.8 Å². The molecule has 5 heteroatoms. The van der Waals surface area contributed by atoms with Crippen LogP contribution in [0.2, 0.25) is 0 Å². The molecule has 3 aromatic rings. The van der Waals surface area contributed by atoms with Crippen molar-refractivity contribution in [2.75, 3.05) is 5.73 Å². The molecule has 0 spiro atoms. The zero-order chi connectivity index (χ0) is 14.1. The van der Waals surface area contributed by atoms with E-state index in [1.165, 1.54) is 0 Å². The fourth-order valence-corrected chi connectivity index (χ4v) is 1.95. The van der Waals surface area contributed by atoms with Crippen molar-refractivity contribution in [3.8, 4) is 23.0 Å². The highest BCUT2D eigenvalue weighted by molar-refractivity contribution is 5.71. The van der Waals surface area contributed by atoms with Crippen LogP contribution in [0, 0.1) is 13.8 Å². The number of benzene rings is 1. The summed E-state index contributed by atoms with van der Waals surface area (Å²) in [6, 6.07) is 9.53. The fraction of sp³-hybridized carbons (Fsp3) is 0.133. The number of anilines is 1. The molecule has 1 aromatic carbocycles. The maximum absolute atomic E-state index is 5.95. The number of hydrogen-bond donors (Lipinski definition) is 1. The maximum atomic E-state index is 5.95. The summed E-state index contributed by atoms with van der Waals surface area (Å²) in [6.45, 7) is 3.98. The molecule has 0 saturated carbocycles. The third-order valence-electron chi connectivity index (χ3n) is 3.01. The largest absolute Gasteiger partial charge is 0.398 e. The Balaban J connectivity index is 2.04. The van der Waals surface area contributed by atoms with Crippen LogP contribution in [0.5, 0.6) is 0 Å². The maximum Gasteiger partial charge on any atom is 0.260 e. The molecule has 0 atom stereocenters. The topological polar surface area (TPSA) is 77.8 Å². The second-order valence-electron chi connectivity index (χ2n) is 4.73. The van der Waals surface area contributed by atoms with Gasteiger partial charge in [-0.3, -0.25) is 4.98 Å². The normalized spacial score (nSPS) is 10.7. The number of hydrogen-bond acceptors (Lipinski definition) is 5. The quantitative estimate of drug-likeness (QED) is 0.721. The van der Waals surface area contributed by atoms with E-state index in [1.807, 2.05) is 44.2 Å². The monoisotopic (exact) mass is 266 g/mol. The second-order valence-corrected chi connectivity index (χ2v) is 4.73. The van der Waals surface area contributed by atoms with Crippen molar-refractivity contribution < 1.29 is 4.52 Å². The van der Waals surface area contributed by atoms with Crippen LogP contribution in [0.4, 0.5) is 5.69 Å². The number of nitrogens with zero attached hydrogens (tertiary/aromatic N) is 3. The van der Waals surface area contributed by atoms with Crippen molar-refractivity contribution in [2.45, 2.75) is 13.8 Å². The van der Waals surface area contributed by atoms with Crippen LogP contribution < -0.4 is 5.73 Å². The van der Waals surface area contributed by atoms with Gasteiger partial charge in [0.05, 0.1) is 5.56 Å². The van der Waals surface area contributed by atoms with Crippen LogP contribution in [0.15, 0.2) is 41.1 Å². The van der Waals surface area contributed by atoms with E-state index in [2.05, 4.69) is 15.1 Å². The lowest BCUT2D eigenvalue weighted by molar-refractivity contribution is 0.432. The number of pyridine rings is 1. The first-order chi connectivity index (χ1) is 9.63. The lowest BCUT2D eigenvalue weighted by atomic mass is 10.1. The number of rotatable bonds is 2. The predicted molar refractivity (Wildman–Crippen MR) is 76.9 cm³/mol. The summed E-state index contributed by atoms with van der Waals surface area (Å²) < 4.78 is 5.30.